The second-order valence-electron chi connectivity index (χ2n) is 5.44. The molecule has 0 bridgehead atoms. The van der Waals surface area contributed by atoms with Crippen molar-refractivity contribution >= 4 is 17.3 Å². The van der Waals surface area contributed by atoms with Crippen LogP contribution in [-0.2, 0) is 0 Å². The zero-order valence-corrected chi connectivity index (χ0v) is 12.6. The van der Waals surface area contributed by atoms with Gasteiger partial charge in [-0.2, -0.15) is 0 Å². The highest BCUT2D eigenvalue weighted by Crippen LogP contribution is 2.25. The van der Waals surface area contributed by atoms with Crippen LogP contribution in [-0.4, -0.2) is 30.5 Å². The number of nitro groups is 1. The lowest BCUT2D eigenvalue weighted by atomic mass is 10.0. The normalized spacial score (nSPS) is 12.2. The predicted octanol–water partition coefficient (Wildman–Crippen LogP) is 1.50. The van der Waals surface area contributed by atoms with Crippen molar-refractivity contribution in [3.63, 3.8) is 0 Å². The molecule has 4 N–H and O–H groups in total. The highest BCUT2D eigenvalue weighted by atomic mass is 16.6. The third-order valence-corrected chi connectivity index (χ3v) is 3.52. The summed E-state index contributed by atoms with van der Waals surface area (Å²) in [6.07, 6.45) is 0.753. The lowest BCUT2D eigenvalue weighted by Gasteiger charge is -2.24. The standard InChI is InChI=1S/C14H22N4O3/c1-9(2)12(15)6-7-17(3)13-5-4-10(18(20)21)8-11(13)14(16)19/h4-5,8-9,12H,6-7,15H2,1-3H3,(H2,16,19). The molecule has 21 heavy (non-hydrogen) atoms. The van der Waals surface area contributed by atoms with Crippen molar-refractivity contribution in [3.8, 4) is 0 Å². The van der Waals surface area contributed by atoms with E-state index >= 15 is 0 Å². The first-order chi connectivity index (χ1) is 9.73. The quantitative estimate of drug-likeness (QED) is 0.584. The molecule has 1 atom stereocenters. The maximum Gasteiger partial charge on any atom is 0.270 e. The van der Waals surface area contributed by atoms with Crippen molar-refractivity contribution in [1.29, 1.82) is 0 Å². The fourth-order valence-electron chi connectivity index (χ4n) is 1.96. The van der Waals surface area contributed by atoms with Gasteiger partial charge in [0, 0.05) is 37.5 Å². The molecule has 0 aliphatic heterocycles. The van der Waals surface area contributed by atoms with Gasteiger partial charge >= 0.3 is 0 Å². The first-order valence-electron chi connectivity index (χ1n) is 6.79. The summed E-state index contributed by atoms with van der Waals surface area (Å²) in [5, 5.41) is 10.8. The van der Waals surface area contributed by atoms with Crippen LogP contribution in [0.2, 0.25) is 0 Å². The van der Waals surface area contributed by atoms with Crippen molar-refractivity contribution in [3.05, 3.63) is 33.9 Å². The van der Waals surface area contributed by atoms with E-state index in [1.165, 1.54) is 12.1 Å². The van der Waals surface area contributed by atoms with Gasteiger partial charge in [0.05, 0.1) is 10.5 Å². The van der Waals surface area contributed by atoms with E-state index in [9.17, 15) is 14.9 Å². The van der Waals surface area contributed by atoms with Gasteiger partial charge in [0.1, 0.15) is 0 Å². The summed E-state index contributed by atoms with van der Waals surface area (Å²) < 4.78 is 0. The second-order valence-corrected chi connectivity index (χ2v) is 5.44. The average Bonchev–Trinajstić information content (AvgIpc) is 2.43. The number of non-ortho nitro benzene ring substituents is 1. The number of nitrogens with two attached hydrogens (primary N) is 2. The molecular formula is C14H22N4O3. The SMILES string of the molecule is CC(C)C(N)CCN(C)c1ccc([N+](=O)[O-])cc1C(N)=O. The molecular weight excluding hydrogens is 272 g/mol. The molecule has 0 fully saturated rings. The Labute approximate surface area is 124 Å². The molecule has 0 aliphatic carbocycles. The van der Waals surface area contributed by atoms with Crippen LogP contribution in [0, 0.1) is 16.0 Å². The number of benzene rings is 1. The number of hydrogen-bond donors (Lipinski definition) is 2. The lowest BCUT2D eigenvalue weighted by Crippen LogP contribution is -2.32. The molecule has 1 amide bonds. The summed E-state index contributed by atoms with van der Waals surface area (Å²) in [5.74, 6) is -0.320. The lowest BCUT2D eigenvalue weighted by molar-refractivity contribution is -0.384. The van der Waals surface area contributed by atoms with Gasteiger partial charge in [-0.25, -0.2) is 0 Å². The van der Waals surface area contributed by atoms with Crippen molar-refractivity contribution in [2.24, 2.45) is 17.4 Å². The molecule has 116 valence electrons. The number of amides is 1. The Balaban J connectivity index is 2.95. The van der Waals surface area contributed by atoms with E-state index < -0.39 is 10.8 Å². The van der Waals surface area contributed by atoms with Crippen LogP contribution in [0.25, 0.3) is 0 Å². The Hall–Kier alpha value is -2.15. The van der Waals surface area contributed by atoms with Gasteiger partial charge in [0.25, 0.3) is 11.6 Å². The molecule has 0 saturated carbocycles. The van der Waals surface area contributed by atoms with Gasteiger partial charge < -0.3 is 16.4 Å². The second kappa shape index (κ2) is 7.03. The average molecular weight is 294 g/mol. The molecule has 0 aliphatic rings. The molecule has 0 radical (unpaired) electrons. The molecule has 1 aromatic rings. The van der Waals surface area contributed by atoms with Gasteiger partial charge in [-0.15, -0.1) is 0 Å². The van der Waals surface area contributed by atoms with Gasteiger partial charge in [0.15, 0.2) is 0 Å². The van der Waals surface area contributed by atoms with E-state index in [1.54, 1.807) is 13.1 Å². The Kier molecular flexibility index (Phi) is 5.66. The smallest absolute Gasteiger partial charge is 0.270 e. The van der Waals surface area contributed by atoms with Gasteiger partial charge in [-0.3, -0.25) is 14.9 Å². The molecule has 7 nitrogen and oxygen atoms in total. The van der Waals surface area contributed by atoms with Crippen LogP contribution in [0.1, 0.15) is 30.6 Å². The van der Waals surface area contributed by atoms with E-state index in [4.69, 9.17) is 11.5 Å². The molecule has 1 rings (SSSR count). The Morgan fingerprint density at radius 3 is 2.52 bits per heavy atom. The fraction of sp³-hybridized carbons (Fsp3) is 0.500. The summed E-state index contributed by atoms with van der Waals surface area (Å²) in [4.78, 5) is 23.6. The number of anilines is 1. The minimum atomic E-state index is -0.686. The zero-order chi connectivity index (χ0) is 16.2. The summed E-state index contributed by atoms with van der Waals surface area (Å²) in [6.45, 7) is 4.73. The van der Waals surface area contributed by atoms with E-state index in [0.717, 1.165) is 6.42 Å². The van der Waals surface area contributed by atoms with Crippen LogP contribution in [0.3, 0.4) is 0 Å². The molecule has 0 spiro atoms. The van der Waals surface area contributed by atoms with E-state index in [1.807, 2.05) is 18.7 Å². The molecule has 7 heteroatoms. The fourth-order valence-corrected chi connectivity index (χ4v) is 1.96. The minimum Gasteiger partial charge on any atom is -0.374 e. The van der Waals surface area contributed by atoms with Crippen molar-refractivity contribution in [2.75, 3.05) is 18.5 Å². The number of rotatable bonds is 7. The van der Waals surface area contributed by atoms with Gasteiger partial charge in [-0.1, -0.05) is 13.8 Å². The van der Waals surface area contributed by atoms with Crippen LogP contribution < -0.4 is 16.4 Å². The molecule has 0 saturated heterocycles. The maximum atomic E-state index is 11.5. The Bertz CT molecular complexity index is 531. The number of hydrogen-bond acceptors (Lipinski definition) is 5. The summed E-state index contributed by atoms with van der Waals surface area (Å²) in [5.41, 5.74) is 11.9. The number of carbonyl (C=O) groups is 1. The monoisotopic (exact) mass is 294 g/mol. The highest BCUT2D eigenvalue weighted by Gasteiger charge is 2.18. The summed E-state index contributed by atoms with van der Waals surface area (Å²) >= 11 is 0. The van der Waals surface area contributed by atoms with E-state index in [-0.39, 0.29) is 17.3 Å². The number of primary amides is 1. The van der Waals surface area contributed by atoms with Crippen LogP contribution in [0.5, 0.6) is 0 Å². The van der Waals surface area contributed by atoms with Crippen molar-refractivity contribution in [1.82, 2.24) is 0 Å². The third-order valence-electron chi connectivity index (χ3n) is 3.52. The van der Waals surface area contributed by atoms with Crippen LogP contribution in [0.4, 0.5) is 11.4 Å². The highest BCUT2D eigenvalue weighted by molar-refractivity contribution is 5.99. The number of nitro benzene ring substituents is 1. The third kappa shape index (κ3) is 4.42. The number of carbonyl (C=O) groups excluding carboxylic acids is 1. The summed E-state index contributed by atoms with van der Waals surface area (Å²) in [6, 6.07) is 4.17. The largest absolute Gasteiger partial charge is 0.374 e. The number of nitrogens with zero attached hydrogens (tertiary/aromatic N) is 2. The van der Waals surface area contributed by atoms with Crippen molar-refractivity contribution in [2.45, 2.75) is 26.3 Å². The molecule has 0 heterocycles. The first kappa shape index (κ1) is 16.9. The predicted molar refractivity (Wildman–Crippen MR) is 82.3 cm³/mol. The zero-order valence-electron chi connectivity index (χ0n) is 12.6. The topological polar surface area (TPSA) is 115 Å². The summed E-state index contributed by atoms with van der Waals surface area (Å²) in [7, 11) is 1.81. The van der Waals surface area contributed by atoms with Crippen LogP contribution >= 0.6 is 0 Å². The Morgan fingerprint density at radius 1 is 1.43 bits per heavy atom. The van der Waals surface area contributed by atoms with Gasteiger partial charge in [0.2, 0.25) is 0 Å². The van der Waals surface area contributed by atoms with Crippen LogP contribution in [0.15, 0.2) is 18.2 Å². The van der Waals surface area contributed by atoms with Gasteiger partial charge in [-0.05, 0) is 18.4 Å². The first-order valence-corrected chi connectivity index (χ1v) is 6.79. The van der Waals surface area contributed by atoms with E-state index in [2.05, 4.69) is 0 Å². The Morgan fingerprint density at radius 2 is 2.05 bits per heavy atom. The minimum absolute atomic E-state index is 0.0579. The maximum absolute atomic E-state index is 11.5. The molecule has 0 aromatic heterocycles. The molecule has 1 unspecified atom stereocenters. The van der Waals surface area contributed by atoms with Crippen molar-refractivity contribution < 1.29 is 9.72 Å². The molecule has 1 aromatic carbocycles. The van der Waals surface area contributed by atoms with E-state index in [0.29, 0.717) is 18.2 Å².